The molecular formula is C15H13Cl2NO3. The Morgan fingerprint density at radius 3 is 2.48 bits per heavy atom. The first-order chi connectivity index (χ1) is 10.1. The first-order valence-electron chi connectivity index (χ1n) is 6.10. The van der Waals surface area contributed by atoms with E-state index < -0.39 is 0 Å². The van der Waals surface area contributed by atoms with Crippen LogP contribution in [0, 0.1) is 0 Å². The minimum Gasteiger partial charge on any atom is -0.495 e. The number of halogens is 2. The quantitative estimate of drug-likeness (QED) is 0.903. The normalized spacial score (nSPS) is 10.0. The van der Waals surface area contributed by atoms with Crippen LogP contribution in [0.1, 0.15) is 0 Å². The summed E-state index contributed by atoms with van der Waals surface area (Å²) in [6.45, 7) is -0.106. The van der Waals surface area contributed by atoms with Crippen LogP contribution in [-0.4, -0.2) is 19.6 Å². The van der Waals surface area contributed by atoms with Crippen molar-refractivity contribution in [3.05, 3.63) is 52.5 Å². The molecule has 6 heteroatoms. The molecule has 4 nitrogen and oxygen atoms in total. The lowest BCUT2D eigenvalue weighted by Gasteiger charge is -2.09. The second-order valence-electron chi connectivity index (χ2n) is 4.14. The van der Waals surface area contributed by atoms with Crippen LogP contribution in [0.5, 0.6) is 11.5 Å². The lowest BCUT2D eigenvalue weighted by Crippen LogP contribution is -2.20. The molecule has 0 aliphatic rings. The molecule has 0 heterocycles. The lowest BCUT2D eigenvalue weighted by molar-refractivity contribution is -0.118. The van der Waals surface area contributed by atoms with Gasteiger partial charge >= 0.3 is 0 Å². The molecule has 0 radical (unpaired) electrons. The van der Waals surface area contributed by atoms with E-state index in [0.717, 1.165) is 0 Å². The summed E-state index contributed by atoms with van der Waals surface area (Å²) < 4.78 is 10.4. The third kappa shape index (κ3) is 4.55. The molecular weight excluding hydrogens is 313 g/mol. The number of anilines is 1. The SMILES string of the molecule is COc1ccc(NC(=O)COc2ccc(Cl)cc2)cc1Cl. The summed E-state index contributed by atoms with van der Waals surface area (Å²) >= 11 is 11.7. The molecule has 0 aliphatic carbocycles. The fourth-order valence-electron chi connectivity index (χ4n) is 1.62. The molecule has 0 aromatic heterocycles. The maximum absolute atomic E-state index is 11.8. The van der Waals surface area contributed by atoms with E-state index in [1.54, 1.807) is 42.5 Å². The highest BCUT2D eigenvalue weighted by Gasteiger charge is 2.06. The Labute approximate surface area is 132 Å². The van der Waals surface area contributed by atoms with Gasteiger partial charge in [0.2, 0.25) is 0 Å². The molecule has 1 amide bonds. The molecule has 0 spiro atoms. The second kappa shape index (κ2) is 7.20. The molecule has 2 aromatic rings. The third-order valence-electron chi connectivity index (χ3n) is 2.62. The van der Waals surface area contributed by atoms with Gasteiger partial charge in [-0.1, -0.05) is 23.2 Å². The molecule has 0 atom stereocenters. The van der Waals surface area contributed by atoms with Gasteiger partial charge in [0, 0.05) is 10.7 Å². The molecule has 1 N–H and O–H groups in total. The Bertz CT molecular complexity index is 629. The van der Waals surface area contributed by atoms with Crippen molar-refractivity contribution in [2.45, 2.75) is 0 Å². The largest absolute Gasteiger partial charge is 0.495 e. The molecule has 0 saturated carbocycles. The average molecular weight is 326 g/mol. The van der Waals surface area contributed by atoms with E-state index in [-0.39, 0.29) is 12.5 Å². The van der Waals surface area contributed by atoms with Gasteiger partial charge in [-0.25, -0.2) is 0 Å². The van der Waals surface area contributed by atoms with Gasteiger partial charge in [-0.15, -0.1) is 0 Å². The van der Waals surface area contributed by atoms with Crippen molar-refractivity contribution in [1.29, 1.82) is 0 Å². The van der Waals surface area contributed by atoms with E-state index in [2.05, 4.69) is 5.32 Å². The van der Waals surface area contributed by atoms with Crippen LogP contribution >= 0.6 is 23.2 Å². The summed E-state index contributed by atoms with van der Waals surface area (Å²) in [5.41, 5.74) is 0.575. The van der Waals surface area contributed by atoms with Crippen molar-refractivity contribution in [1.82, 2.24) is 0 Å². The number of amides is 1. The summed E-state index contributed by atoms with van der Waals surface area (Å²) in [7, 11) is 1.53. The Hall–Kier alpha value is -1.91. The van der Waals surface area contributed by atoms with Crippen molar-refractivity contribution in [2.75, 3.05) is 19.0 Å². The van der Waals surface area contributed by atoms with Gasteiger partial charge in [0.1, 0.15) is 11.5 Å². The van der Waals surface area contributed by atoms with Crippen molar-refractivity contribution < 1.29 is 14.3 Å². The molecule has 21 heavy (non-hydrogen) atoms. The predicted octanol–water partition coefficient (Wildman–Crippen LogP) is 4.02. The molecule has 0 fully saturated rings. The predicted molar refractivity (Wildman–Crippen MR) is 83.6 cm³/mol. The van der Waals surface area contributed by atoms with Gasteiger partial charge in [0.25, 0.3) is 5.91 Å². The number of benzene rings is 2. The minimum absolute atomic E-state index is 0.106. The number of hydrogen-bond acceptors (Lipinski definition) is 3. The number of carbonyl (C=O) groups excluding carboxylic acids is 1. The van der Waals surface area contributed by atoms with Crippen molar-refractivity contribution in [3.63, 3.8) is 0 Å². The van der Waals surface area contributed by atoms with Gasteiger partial charge in [-0.05, 0) is 42.5 Å². The zero-order chi connectivity index (χ0) is 15.2. The highest BCUT2D eigenvalue weighted by atomic mass is 35.5. The number of ether oxygens (including phenoxy) is 2. The highest BCUT2D eigenvalue weighted by Crippen LogP contribution is 2.27. The summed E-state index contributed by atoms with van der Waals surface area (Å²) in [5.74, 6) is 0.834. The number of methoxy groups -OCH3 is 1. The van der Waals surface area contributed by atoms with Crippen molar-refractivity contribution in [2.24, 2.45) is 0 Å². The number of carbonyl (C=O) groups is 1. The molecule has 0 saturated heterocycles. The highest BCUT2D eigenvalue weighted by molar-refractivity contribution is 6.32. The molecule has 0 aliphatic heterocycles. The van der Waals surface area contributed by atoms with Gasteiger partial charge in [0.15, 0.2) is 6.61 Å². The summed E-state index contributed by atoms with van der Waals surface area (Å²) in [5, 5.41) is 3.72. The zero-order valence-electron chi connectivity index (χ0n) is 11.2. The zero-order valence-corrected chi connectivity index (χ0v) is 12.7. The summed E-state index contributed by atoms with van der Waals surface area (Å²) in [4.78, 5) is 11.8. The van der Waals surface area contributed by atoms with Crippen LogP contribution in [0.3, 0.4) is 0 Å². The Balaban J connectivity index is 1.89. The molecule has 0 unspecified atom stereocenters. The lowest BCUT2D eigenvalue weighted by atomic mass is 10.3. The van der Waals surface area contributed by atoms with Crippen LogP contribution < -0.4 is 14.8 Å². The first-order valence-corrected chi connectivity index (χ1v) is 6.86. The second-order valence-corrected chi connectivity index (χ2v) is 4.98. The topological polar surface area (TPSA) is 47.6 Å². The smallest absolute Gasteiger partial charge is 0.262 e. The van der Waals surface area contributed by atoms with E-state index in [4.69, 9.17) is 32.7 Å². The van der Waals surface area contributed by atoms with Crippen molar-refractivity contribution in [3.8, 4) is 11.5 Å². The minimum atomic E-state index is -0.286. The monoisotopic (exact) mass is 325 g/mol. The summed E-state index contributed by atoms with van der Waals surface area (Å²) in [6.07, 6.45) is 0. The number of nitrogens with one attached hydrogen (secondary N) is 1. The maximum atomic E-state index is 11.8. The Kier molecular flexibility index (Phi) is 5.31. The molecule has 2 rings (SSSR count). The van der Waals surface area contributed by atoms with Crippen LogP contribution in [-0.2, 0) is 4.79 Å². The van der Waals surface area contributed by atoms with Crippen molar-refractivity contribution >= 4 is 34.8 Å². The average Bonchev–Trinajstić information content (AvgIpc) is 2.47. The number of hydrogen-bond donors (Lipinski definition) is 1. The first kappa shape index (κ1) is 15.5. The van der Waals surface area contributed by atoms with Crippen LogP contribution in [0.4, 0.5) is 5.69 Å². The molecule has 110 valence electrons. The van der Waals surface area contributed by atoms with E-state index >= 15 is 0 Å². The van der Waals surface area contributed by atoms with Crippen LogP contribution in [0.15, 0.2) is 42.5 Å². The maximum Gasteiger partial charge on any atom is 0.262 e. The molecule has 0 bridgehead atoms. The fourth-order valence-corrected chi connectivity index (χ4v) is 2.00. The van der Waals surface area contributed by atoms with Crippen LogP contribution in [0.25, 0.3) is 0 Å². The Morgan fingerprint density at radius 1 is 1.14 bits per heavy atom. The third-order valence-corrected chi connectivity index (χ3v) is 3.17. The Morgan fingerprint density at radius 2 is 1.86 bits per heavy atom. The van der Waals surface area contributed by atoms with Crippen LogP contribution in [0.2, 0.25) is 10.0 Å². The van der Waals surface area contributed by atoms with E-state index in [0.29, 0.717) is 27.2 Å². The van der Waals surface area contributed by atoms with Gasteiger partial charge in [-0.3, -0.25) is 4.79 Å². The fraction of sp³-hybridized carbons (Fsp3) is 0.133. The van der Waals surface area contributed by atoms with E-state index in [1.807, 2.05) is 0 Å². The summed E-state index contributed by atoms with van der Waals surface area (Å²) in [6, 6.07) is 11.8. The van der Waals surface area contributed by atoms with Gasteiger partial charge in [0.05, 0.1) is 12.1 Å². The molecule has 2 aromatic carbocycles. The van der Waals surface area contributed by atoms with E-state index in [9.17, 15) is 4.79 Å². The van der Waals surface area contributed by atoms with E-state index in [1.165, 1.54) is 7.11 Å². The van der Waals surface area contributed by atoms with Gasteiger partial charge in [-0.2, -0.15) is 0 Å². The number of rotatable bonds is 5. The standard InChI is InChI=1S/C15H13Cl2NO3/c1-20-14-7-4-11(8-13(14)17)18-15(19)9-21-12-5-2-10(16)3-6-12/h2-8H,9H2,1H3,(H,18,19). The van der Waals surface area contributed by atoms with Gasteiger partial charge < -0.3 is 14.8 Å².